The third-order valence-corrected chi connectivity index (χ3v) is 8.28. The van der Waals surface area contributed by atoms with Crippen LogP contribution in [0.5, 0.6) is 0 Å². The first-order chi connectivity index (χ1) is 14.3. The van der Waals surface area contributed by atoms with Crippen molar-refractivity contribution in [3.8, 4) is 0 Å². The molecule has 1 unspecified atom stereocenters. The van der Waals surface area contributed by atoms with Crippen LogP contribution in [0.4, 0.5) is 0 Å². The molecule has 1 aromatic heterocycles. The Morgan fingerprint density at radius 1 is 1.20 bits per heavy atom. The number of aromatic nitrogens is 1. The number of carbonyl (C=O) groups is 1. The lowest BCUT2D eigenvalue weighted by molar-refractivity contribution is 0.0269. The van der Waals surface area contributed by atoms with Gasteiger partial charge in [-0.15, -0.1) is 4.72 Å². The van der Waals surface area contributed by atoms with E-state index in [9.17, 15) is 9.35 Å². The van der Waals surface area contributed by atoms with Crippen molar-refractivity contribution in [2.45, 2.75) is 82.6 Å². The van der Waals surface area contributed by atoms with Crippen LogP contribution in [-0.4, -0.2) is 32.4 Å². The summed E-state index contributed by atoms with van der Waals surface area (Å²) in [5.41, 5.74) is 0.441. The average Bonchev–Trinajstić information content (AvgIpc) is 3.03. The van der Waals surface area contributed by atoms with Crippen molar-refractivity contribution in [3.05, 3.63) is 42.2 Å². The molecule has 2 aromatic rings. The number of carbonyl (C=O) groups excluding carboxylic acids is 1. The molecule has 2 aliphatic carbocycles. The van der Waals surface area contributed by atoms with Crippen molar-refractivity contribution >= 4 is 28.1 Å². The highest BCUT2D eigenvalue weighted by Crippen LogP contribution is 2.50. The molecule has 162 valence electrons. The molecule has 2 saturated carbocycles. The predicted octanol–water partition coefficient (Wildman–Crippen LogP) is 4.92. The molecule has 4 rings (SSSR count). The van der Waals surface area contributed by atoms with Crippen molar-refractivity contribution in [2.24, 2.45) is 5.41 Å². The lowest BCUT2D eigenvalue weighted by Crippen LogP contribution is -2.50. The van der Waals surface area contributed by atoms with Crippen LogP contribution in [0.15, 0.2) is 36.5 Å². The summed E-state index contributed by atoms with van der Waals surface area (Å²) < 4.78 is 21.9. The largest absolute Gasteiger partial charge is 0.598 e. The number of hydrogen-bond acceptors (Lipinski definition) is 5. The summed E-state index contributed by atoms with van der Waals surface area (Å²) in [6.45, 7) is 5.97. The monoisotopic (exact) mass is 428 g/mol. The van der Waals surface area contributed by atoms with Gasteiger partial charge < -0.3 is 9.29 Å². The molecular formula is C24H32N2O3S. The van der Waals surface area contributed by atoms with Gasteiger partial charge in [0.15, 0.2) is 5.69 Å². The third-order valence-electron chi connectivity index (χ3n) is 6.67. The zero-order chi connectivity index (χ0) is 21.4. The molecule has 0 saturated heterocycles. The summed E-state index contributed by atoms with van der Waals surface area (Å²) in [6, 6.07) is 9.76. The Morgan fingerprint density at radius 3 is 2.67 bits per heavy atom. The second-order valence-corrected chi connectivity index (χ2v) is 11.8. The molecule has 3 atom stereocenters. The number of rotatable bonds is 4. The summed E-state index contributed by atoms with van der Waals surface area (Å²) in [5.74, 6) is -0.361. The second-order valence-electron chi connectivity index (χ2n) is 9.82. The van der Waals surface area contributed by atoms with Crippen molar-refractivity contribution in [1.29, 1.82) is 0 Å². The molecule has 2 fully saturated rings. The minimum atomic E-state index is -1.14. The van der Waals surface area contributed by atoms with Crippen LogP contribution < -0.4 is 4.72 Å². The number of fused-ring (bicyclic) bond motifs is 1. The van der Waals surface area contributed by atoms with E-state index in [1.54, 1.807) is 6.20 Å². The van der Waals surface area contributed by atoms with Crippen LogP contribution in [0.3, 0.4) is 0 Å². The summed E-state index contributed by atoms with van der Waals surface area (Å²) in [4.78, 5) is 17.3. The Morgan fingerprint density at radius 2 is 1.93 bits per heavy atom. The molecule has 1 N–H and O–H groups in total. The first kappa shape index (κ1) is 21.6. The maximum atomic E-state index is 13.0. The van der Waals surface area contributed by atoms with E-state index in [0.717, 1.165) is 30.0 Å². The number of ether oxygens (including phenoxy) is 1. The molecule has 0 aliphatic heterocycles. The molecule has 1 heterocycles. The Labute approximate surface area is 182 Å². The van der Waals surface area contributed by atoms with Gasteiger partial charge in [-0.3, -0.25) is 0 Å². The lowest BCUT2D eigenvalue weighted by Gasteiger charge is -2.39. The van der Waals surface area contributed by atoms with Crippen LogP contribution in [0, 0.1) is 5.41 Å². The van der Waals surface area contributed by atoms with Crippen LogP contribution in [-0.2, 0) is 16.1 Å². The topological polar surface area (TPSA) is 74.3 Å². The van der Waals surface area contributed by atoms with E-state index in [0.29, 0.717) is 12.1 Å². The van der Waals surface area contributed by atoms with Gasteiger partial charge in [0, 0.05) is 29.4 Å². The van der Waals surface area contributed by atoms with Crippen molar-refractivity contribution in [1.82, 2.24) is 9.71 Å². The van der Waals surface area contributed by atoms with E-state index < -0.39 is 11.4 Å². The normalized spacial score (nSPS) is 24.8. The number of nitrogens with one attached hydrogen (secondary N) is 1. The van der Waals surface area contributed by atoms with Gasteiger partial charge >= 0.3 is 5.97 Å². The molecular weight excluding hydrogens is 396 g/mol. The van der Waals surface area contributed by atoms with E-state index >= 15 is 0 Å². The van der Waals surface area contributed by atoms with E-state index in [4.69, 9.17) is 4.74 Å². The van der Waals surface area contributed by atoms with Gasteiger partial charge in [0.05, 0.1) is 6.04 Å². The third kappa shape index (κ3) is 4.36. The summed E-state index contributed by atoms with van der Waals surface area (Å²) in [5, 5.41) is 1.80. The van der Waals surface area contributed by atoms with Gasteiger partial charge in [-0.25, -0.2) is 9.78 Å². The molecule has 2 aliphatic rings. The van der Waals surface area contributed by atoms with Crippen LogP contribution in [0.1, 0.15) is 76.2 Å². The molecule has 30 heavy (non-hydrogen) atoms. The smallest absolute Gasteiger partial charge is 0.357 e. The Bertz CT molecular complexity index is 899. The van der Waals surface area contributed by atoms with Crippen molar-refractivity contribution in [3.63, 3.8) is 0 Å². The first-order valence-corrected chi connectivity index (χ1v) is 12.2. The van der Waals surface area contributed by atoms with Gasteiger partial charge in [-0.1, -0.05) is 43.5 Å². The molecule has 0 radical (unpaired) electrons. The van der Waals surface area contributed by atoms with Crippen LogP contribution >= 0.6 is 0 Å². The highest BCUT2D eigenvalue weighted by Gasteiger charge is 2.51. The summed E-state index contributed by atoms with van der Waals surface area (Å²) >= 11 is -1.14. The molecule has 1 spiro atoms. The molecule has 5 nitrogen and oxygen atoms in total. The zero-order valence-corrected chi connectivity index (χ0v) is 19.0. The number of pyridine rings is 1. The van der Waals surface area contributed by atoms with E-state index in [-0.39, 0.29) is 28.3 Å². The van der Waals surface area contributed by atoms with E-state index in [1.807, 2.05) is 51.1 Å². The molecule has 1 aromatic carbocycles. The average molecular weight is 429 g/mol. The minimum Gasteiger partial charge on any atom is -0.598 e. The lowest BCUT2D eigenvalue weighted by atomic mass is 9.70. The maximum Gasteiger partial charge on any atom is 0.357 e. The maximum absolute atomic E-state index is 13.0. The Kier molecular flexibility index (Phi) is 6.11. The first-order valence-electron chi connectivity index (χ1n) is 11.0. The number of nitrogens with zero attached hydrogens (tertiary/aromatic N) is 1. The quantitative estimate of drug-likeness (QED) is 0.552. The summed E-state index contributed by atoms with van der Waals surface area (Å²) in [7, 11) is 0. The van der Waals surface area contributed by atoms with Crippen molar-refractivity contribution in [2.75, 3.05) is 0 Å². The highest BCUT2D eigenvalue weighted by atomic mass is 32.2. The second kappa shape index (κ2) is 8.48. The fourth-order valence-corrected chi connectivity index (χ4v) is 6.02. The molecule has 0 bridgehead atoms. The highest BCUT2D eigenvalue weighted by molar-refractivity contribution is 7.90. The SMILES string of the molecule is CC(C)(C)[S+]([O-])N[C@@H]1C[C@@H](OC(=O)c2nccc3ccccc23)CC12CCCCC2. The van der Waals surface area contributed by atoms with Gasteiger partial charge in [0.1, 0.15) is 10.9 Å². The standard InChI is InChI=1S/C24H32N2O3S/c1-23(2,3)30(28)26-20-15-18(16-24(20)12-7-4-8-13-24)29-22(27)21-19-10-6-5-9-17(19)11-14-25-21/h5-6,9-11,14,18,20,26H,4,7-8,12-13,15-16H2,1-3H3/t18-,20-,30?/m1/s1. The van der Waals surface area contributed by atoms with Crippen LogP contribution in [0.25, 0.3) is 10.8 Å². The molecule has 0 amide bonds. The van der Waals surface area contributed by atoms with Gasteiger partial charge in [0.25, 0.3) is 0 Å². The van der Waals surface area contributed by atoms with Crippen molar-refractivity contribution < 1.29 is 14.1 Å². The van der Waals surface area contributed by atoms with Gasteiger partial charge in [-0.2, -0.15) is 0 Å². The number of benzene rings is 1. The van der Waals surface area contributed by atoms with Gasteiger partial charge in [-0.05, 0) is 56.9 Å². The fraction of sp³-hybridized carbons (Fsp3) is 0.583. The van der Waals surface area contributed by atoms with Crippen LogP contribution in [0.2, 0.25) is 0 Å². The van der Waals surface area contributed by atoms with E-state index in [1.165, 1.54) is 19.3 Å². The number of esters is 1. The Hall–Kier alpha value is -1.63. The minimum absolute atomic E-state index is 0.0658. The molecule has 6 heteroatoms. The van der Waals surface area contributed by atoms with Gasteiger partial charge in [0.2, 0.25) is 0 Å². The Balaban J connectivity index is 1.52. The van der Waals surface area contributed by atoms with E-state index in [2.05, 4.69) is 9.71 Å². The number of hydrogen-bond donors (Lipinski definition) is 1. The fourth-order valence-electron chi connectivity index (χ4n) is 5.06. The predicted molar refractivity (Wildman–Crippen MR) is 121 cm³/mol. The summed E-state index contributed by atoms with van der Waals surface area (Å²) in [6.07, 6.45) is 8.86. The zero-order valence-electron chi connectivity index (χ0n) is 18.1.